The minimum atomic E-state index is -0.457. The van der Waals surface area contributed by atoms with Crippen LogP contribution in [0.25, 0.3) is 10.9 Å². The first kappa shape index (κ1) is 15.2. The number of carbonyl (C=O) groups is 1. The van der Waals surface area contributed by atoms with Crippen LogP contribution in [0.2, 0.25) is 5.02 Å². The van der Waals surface area contributed by atoms with Crippen LogP contribution in [0, 0.1) is 0 Å². The summed E-state index contributed by atoms with van der Waals surface area (Å²) in [6.07, 6.45) is 1.42. The molecule has 3 aromatic rings. The molecular weight excluding hydrogens is 316 g/mol. The van der Waals surface area contributed by atoms with E-state index >= 15 is 0 Å². The van der Waals surface area contributed by atoms with Crippen molar-refractivity contribution < 1.29 is 14.3 Å². The molecule has 0 N–H and O–H groups in total. The highest BCUT2D eigenvalue weighted by molar-refractivity contribution is 6.35. The molecule has 0 amide bonds. The van der Waals surface area contributed by atoms with E-state index in [2.05, 4.69) is 10.2 Å². The number of fused-ring (bicyclic) bond motifs is 1. The minimum absolute atomic E-state index is 0.197. The summed E-state index contributed by atoms with van der Waals surface area (Å²) in [5.41, 5.74) is 1.76. The molecule has 0 fully saturated rings. The smallest absolute Gasteiger partial charge is 0.338 e. The molecule has 0 saturated heterocycles. The van der Waals surface area contributed by atoms with Crippen LogP contribution in [0.1, 0.15) is 15.9 Å². The quantitative estimate of drug-likeness (QED) is 0.684. The molecule has 5 nitrogen and oxygen atoms in total. The average Bonchev–Trinajstić information content (AvgIpc) is 2.60. The van der Waals surface area contributed by atoms with Gasteiger partial charge in [-0.2, -0.15) is 5.10 Å². The summed E-state index contributed by atoms with van der Waals surface area (Å²) in [6, 6.07) is 12.7. The van der Waals surface area contributed by atoms with E-state index in [1.165, 1.54) is 13.3 Å². The Kier molecular flexibility index (Phi) is 4.39. The highest BCUT2D eigenvalue weighted by Gasteiger charge is 2.15. The zero-order valence-corrected chi connectivity index (χ0v) is 13.1. The summed E-state index contributed by atoms with van der Waals surface area (Å²) in [4.78, 5) is 12.3. The number of hydrogen-bond donors (Lipinski definition) is 0. The third-order valence-corrected chi connectivity index (χ3v) is 3.63. The molecule has 3 rings (SSSR count). The predicted molar refractivity (Wildman–Crippen MR) is 86.7 cm³/mol. The van der Waals surface area contributed by atoms with Gasteiger partial charge < -0.3 is 9.47 Å². The zero-order chi connectivity index (χ0) is 16.2. The number of aromatic nitrogens is 2. The van der Waals surface area contributed by atoms with Crippen molar-refractivity contribution in [1.82, 2.24) is 10.2 Å². The Balaban J connectivity index is 1.90. The van der Waals surface area contributed by atoms with Gasteiger partial charge in [0.05, 0.1) is 23.9 Å². The third-order valence-electron chi connectivity index (χ3n) is 3.33. The van der Waals surface area contributed by atoms with E-state index in [-0.39, 0.29) is 6.61 Å². The predicted octanol–water partition coefficient (Wildman–Crippen LogP) is 3.65. The van der Waals surface area contributed by atoms with Crippen molar-refractivity contribution in [1.29, 1.82) is 0 Å². The van der Waals surface area contributed by atoms with Crippen LogP contribution in [0.15, 0.2) is 48.7 Å². The number of rotatable bonds is 4. The molecular formula is C17H13ClN2O3. The molecule has 0 spiro atoms. The summed E-state index contributed by atoms with van der Waals surface area (Å²) in [5.74, 6) is -0.0360. The van der Waals surface area contributed by atoms with Crippen molar-refractivity contribution in [2.45, 2.75) is 6.61 Å². The van der Waals surface area contributed by atoms with E-state index < -0.39 is 5.97 Å². The van der Waals surface area contributed by atoms with Gasteiger partial charge in [-0.1, -0.05) is 41.9 Å². The van der Waals surface area contributed by atoms with Crippen molar-refractivity contribution in [2.24, 2.45) is 0 Å². The van der Waals surface area contributed by atoms with Gasteiger partial charge in [0.2, 0.25) is 0 Å². The Hall–Kier alpha value is -2.66. The lowest BCUT2D eigenvalue weighted by molar-refractivity contribution is 0.0472. The minimum Gasteiger partial charge on any atom is -0.494 e. The number of ether oxygens (including phenoxy) is 2. The largest absolute Gasteiger partial charge is 0.494 e. The van der Waals surface area contributed by atoms with Crippen molar-refractivity contribution in [3.05, 3.63) is 64.8 Å². The number of carbonyl (C=O) groups excluding carboxylic acids is 1. The maximum atomic E-state index is 12.3. The number of halogens is 1. The topological polar surface area (TPSA) is 61.3 Å². The number of methoxy groups -OCH3 is 1. The molecule has 0 radical (unpaired) electrons. The van der Waals surface area contributed by atoms with Gasteiger partial charge in [-0.3, -0.25) is 0 Å². The van der Waals surface area contributed by atoms with Gasteiger partial charge in [0.15, 0.2) is 0 Å². The van der Waals surface area contributed by atoms with E-state index in [9.17, 15) is 4.79 Å². The standard InChI is InChI=1S/C17H13ClN2O3/c1-22-15-8-12(7-13-14(18)9-19-20-16(13)15)17(21)23-10-11-5-3-2-4-6-11/h2-9H,10H2,1H3. The molecule has 2 aromatic carbocycles. The van der Waals surface area contributed by atoms with E-state index in [1.54, 1.807) is 12.1 Å². The second kappa shape index (κ2) is 6.62. The Morgan fingerprint density at radius 3 is 2.74 bits per heavy atom. The lowest BCUT2D eigenvalue weighted by Crippen LogP contribution is -2.06. The summed E-state index contributed by atoms with van der Waals surface area (Å²) in [6.45, 7) is 0.197. The van der Waals surface area contributed by atoms with Gasteiger partial charge in [0.1, 0.15) is 17.9 Å². The normalized spacial score (nSPS) is 10.5. The van der Waals surface area contributed by atoms with Crippen LogP contribution in [0.5, 0.6) is 5.75 Å². The maximum Gasteiger partial charge on any atom is 0.338 e. The van der Waals surface area contributed by atoms with Gasteiger partial charge in [0.25, 0.3) is 0 Å². The zero-order valence-electron chi connectivity index (χ0n) is 12.3. The molecule has 0 aliphatic rings. The molecule has 0 bridgehead atoms. The molecule has 0 unspecified atom stereocenters. The first-order chi connectivity index (χ1) is 11.2. The fourth-order valence-corrected chi connectivity index (χ4v) is 2.37. The van der Waals surface area contributed by atoms with Crippen molar-refractivity contribution in [3.63, 3.8) is 0 Å². The van der Waals surface area contributed by atoms with Crippen LogP contribution in [-0.4, -0.2) is 23.3 Å². The Bertz CT molecular complexity index is 853. The monoisotopic (exact) mass is 328 g/mol. The van der Waals surface area contributed by atoms with Gasteiger partial charge >= 0.3 is 5.97 Å². The summed E-state index contributed by atoms with van der Waals surface area (Å²) in [7, 11) is 1.50. The van der Waals surface area contributed by atoms with Gasteiger partial charge in [-0.15, -0.1) is 5.10 Å². The molecule has 116 valence electrons. The third kappa shape index (κ3) is 3.24. The molecule has 23 heavy (non-hydrogen) atoms. The highest BCUT2D eigenvalue weighted by Crippen LogP contribution is 2.30. The van der Waals surface area contributed by atoms with Crippen molar-refractivity contribution in [2.75, 3.05) is 7.11 Å². The first-order valence-corrected chi connectivity index (χ1v) is 7.27. The van der Waals surface area contributed by atoms with E-state index in [4.69, 9.17) is 21.1 Å². The van der Waals surface area contributed by atoms with Crippen molar-refractivity contribution in [3.8, 4) is 5.75 Å². The average molecular weight is 329 g/mol. The number of esters is 1. The van der Waals surface area contributed by atoms with Crippen LogP contribution in [0.3, 0.4) is 0 Å². The second-order valence-electron chi connectivity index (χ2n) is 4.83. The molecule has 1 aromatic heterocycles. The first-order valence-electron chi connectivity index (χ1n) is 6.89. The summed E-state index contributed by atoms with van der Waals surface area (Å²) >= 11 is 6.13. The number of benzene rings is 2. The highest BCUT2D eigenvalue weighted by atomic mass is 35.5. The van der Waals surface area contributed by atoms with E-state index in [1.807, 2.05) is 30.3 Å². The van der Waals surface area contributed by atoms with Gasteiger partial charge in [-0.25, -0.2) is 4.79 Å². The molecule has 0 aliphatic heterocycles. The van der Waals surface area contributed by atoms with Crippen LogP contribution in [0.4, 0.5) is 0 Å². The molecule has 1 heterocycles. The van der Waals surface area contributed by atoms with Crippen molar-refractivity contribution >= 4 is 28.5 Å². The van der Waals surface area contributed by atoms with Crippen LogP contribution >= 0.6 is 11.6 Å². The fourth-order valence-electron chi connectivity index (χ4n) is 2.18. The van der Waals surface area contributed by atoms with Crippen LogP contribution in [-0.2, 0) is 11.3 Å². The number of hydrogen-bond acceptors (Lipinski definition) is 5. The maximum absolute atomic E-state index is 12.3. The summed E-state index contributed by atoms with van der Waals surface area (Å²) in [5, 5.41) is 8.77. The Morgan fingerprint density at radius 1 is 1.22 bits per heavy atom. The second-order valence-corrected chi connectivity index (χ2v) is 5.24. The molecule has 0 saturated carbocycles. The summed E-state index contributed by atoms with van der Waals surface area (Å²) < 4.78 is 10.6. The Labute approximate surface area is 137 Å². The molecule has 0 aliphatic carbocycles. The Morgan fingerprint density at radius 2 is 2.00 bits per heavy atom. The van der Waals surface area contributed by atoms with Gasteiger partial charge in [0, 0.05) is 5.39 Å². The molecule has 0 atom stereocenters. The fraction of sp³-hybridized carbons (Fsp3) is 0.118. The lowest BCUT2D eigenvalue weighted by Gasteiger charge is -2.09. The number of nitrogens with zero attached hydrogens (tertiary/aromatic N) is 2. The molecule has 6 heteroatoms. The van der Waals surface area contributed by atoms with E-state index in [0.29, 0.717) is 27.2 Å². The SMILES string of the molecule is COc1cc(C(=O)OCc2ccccc2)cc2c(Cl)cnnc12. The lowest BCUT2D eigenvalue weighted by atomic mass is 10.1. The van der Waals surface area contributed by atoms with E-state index in [0.717, 1.165) is 5.56 Å². The van der Waals surface area contributed by atoms with Gasteiger partial charge in [-0.05, 0) is 17.7 Å². The van der Waals surface area contributed by atoms with Crippen LogP contribution < -0.4 is 4.74 Å².